The van der Waals surface area contributed by atoms with Crippen molar-refractivity contribution in [2.24, 2.45) is 11.8 Å². The number of rotatable bonds is 5. The van der Waals surface area contributed by atoms with Gasteiger partial charge in [-0.2, -0.15) is 0 Å². The van der Waals surface area contributed by atoms with Crippen molar-refractivity contribution in [2.45, 2.75) is 13.0 Å². The molecule has 31 heavy (non-hydrogen) atoms. The lowest BCUT2D eigenvalue weighted by Crippen LogP contribution is -2.31. The maximum atomic E-state index is 13.3. The number of hydrogen-bond acceptors (Lipinski definition) is 9. The Morgan fingerprint density at radius 3 is 2.26 bits per heavy atom. The molecule has 1 saturated heterocycles. The summed E-state index contributed by atoms with van der Waals surface area (Å²) >= 11 is 0. The van der Waals surface area contributed by atoms with Crippen molar-refractivity contribution in [1.29, 1.82) is 0 Å². The van der Waals surface area contributed by atoms with Gasteiger partial charge in [-0.15, -0.1) is 0 Å². The Labute approximate surface area is 176 Å². The topological polar surface area (TPSA) is 107 Å². The van der Waals surface area contributed by atoms with Gasteiger partial charge in [0, 0.05) is 12.5 Å². The van der Waals surface area contributed by atoms with Crippen molar-refractivity contribution >= 4 is 17.7 Å². The van der Waals surface area contributed by atoms with Gasteiger partial charge in [0.05, 0.1) is 12.5 Å². The smallest absolute Gasteiger partial charge is 0.317 e. The van der Waals surface area contributed by atoms with Crippen LogP contribution in [-0.4, -0.2) is 37.9 Å². The molecule has 3 atom stereocenters. The molecule has 2 aromatic rings. The summed E-state index contributed by atoms with van der Waals surface area (Å²) in [5.74, 6) is -1.48. The van der Waals surface area contributed by atoms with Crippen LogP contribution in [0.5, 0.6) is 23.0 Å². The lowest BCUT2D eigenvalue weighted by atomic mass is 9.82. The molecule has 3 aliphatic rings. The number of esters is 2. The van der Waals surface area contributed by atoms with E-state index in [0.29, 0.717) is 28.6 Å². The number of Topliss-reactive ketones (excluding diaryl/α,β-unsaturated/α-hetero) is 1. The third-order valence-corrected chi connectivity index (χ3v) is 5.45. The monoisotopic (exact) mass is 426 g/mol. The van der Waals surface area contributed by atoms with Gasteiger partial charge in [-0.3, -0.25) is 14.4 Å². The van der Waals surface area contributed by atoms with E-state index in [2.05, 4.69) is 0 Å². The zero-order valence-corrected chi connectivity index (χ0v) is 16.5. The Kier molecular flexibility index (Phi) is 4.65. The van der Waals surface area contributed by atoms with Crippen LogP contribution in [0.25, 0.3) is 0 Å². The minimum Gasteiger partial charge on any atom is -0.465 e. The lowest BCUT2D eigenvalue weighted by Gasteiger charge is -2.25. The highest BCUT2D eigenvalue weighted by Gasteiger charge is 2.48. The molecule has 3 heterocycles. The van der Waals surface area contributed by atoms with Crippen molar-refractivity contribution in [3.05, 3.63) is 47.5 Å². The highest BCUT2D eigenvalue weighted by molar-refractivity contribution is 6.10. The minimum absolute atomic E-state index is 0.0633. The van der Waals surface area contributed by atoms with Gasteiger partial charge in [0.25, 0.3) is 0 Å². The van der Waals surface area contributed by atoms with Crippen LogP contribution in [0.4, 0.5) is 0 Å². The summed E-state index contributed by atoms with van der Waals surface area (Å²) in [6, 6.07) is 9.81. The van der Waals surface area contributed by atoms with Crippen LogP contribution in [0.15, 0.2) is 36.4 Å². The van der Waals surface area contributed by atoms with E-state index in [-0.39, 0.29) is 25.8 Å². The van der Waals surface area contributed by atoms with Crippen LogP contribution >= 0.6 is 0 Å². The first-order valence-corrected chi connectivity index (χ1v) is 9.68. The maximum Gasteiger partial charge on any atom is 0.317 e. The average Bonchev–Trinajstić information content (AvgIpc) is 3.49. The van der Waals surface area contributed by atoms with Crippen LogP contribution < -0.4 is 18.9 Å². The van der Waals surface area contributed by atoms with E-state index >= 15 is 0 Å². The van der Waals surface area contributed by atoms with E-state index in [9.17, 15) is 14.4 Å². The van der Waals surface area contributed by atoms with Crippen LogP contribution in [0.3, 0.4) is 0 Å². The summed E-state index contributed by atoms with van der Waals surface area (Å²) in [6.07, 6.45) is -0.888. The van der Waals surface area contributed by atoms with Crippen LogP contribution in [0.1, 0.15) is 28.9 Å². The fourth-order valence-electron chi connectivity index (χ4n) is 4.00. The SMILES string of the molecule is CC(=O)O[C@H](c1ccc2c(c1)OCO2)[C@@H]1COC(=O)[C@@H]1C(=O)c1ccc2c(c1)OCO2. The molecule has 9 heteroatoms. The van der Waals surface area contributed by atoms with E-state index < -0.39 is 35.7 Å². The Balaban J connectivity index is 1.49. The molecule has 9 nitrogen and oxygen atoms in total. The molecule has 0 aliphatic carbocycles. The second kappa shape index (κ2) is 7.50. The van der Waals surface area contributed by atoms with Crippen LogP contribution in [0.2, 0.25) is 0 Å². The summed E-state index contributed by atoms with van der Waals surface area (Å²) in [5, 5.41) is 0. The van der Waals surface area contributed by atoms with Gasteiger partial charge in [-0.1, -0.05) is 6.07 Å². The number of cyclic esters (lactones) is 1. The molecule has 0 amide bonds. The first-order chi connectivity index (χ1) is 15.0. The highest BCUT2D eigenvalue weighted by atomic mass is 16.7. The number of ketones is 1. The fraction of sp³-hybridized carbons (Fsp3) is 0.318. The standard InChI is InChI=1S/C22H18O9/c1-11(23)31-21(13-3-5-16-18(7-13)30-10-28-16)14-8-26-22(25)19(14)20(24)12-2-4-15-17(6-12)29-9-27-15/h2-7,14,19,21H,8-10H2,1H3/t14-,19+,21-/m1/s1. The molecule has 5 rings (SSSR count). The zero-order valence-electron chi connectivity index (χ0n) is 16.5. The van der Waals surface area contributed by atoms with Crippen molar-refractivity contribution in [3.63, 3.8) is 0 Å². The number of hydrogen-bond donors (Lipinski definition) is 0. The maximum absolute atomic E-state index is 13.3. The minimum atomic E-state index is -1.14. The molecule has 0 aromatic heterocycles. The normalized spacial score (nSPS) is 21.5. The number of fused-ring (bicyclic) bond motifs is 2. The Morgan fingerprint density at radius 1 is 0.903 bits per heavy atom. The molecule has 0 saturated carbocycles. The van der Waals surface area contributed by atoms with E-state index in [1.54, 1.807) is 30.3 Å². The average molecular weight is 426 g/mol. The second-order valence-corrected chi connectivity index (χ2v) is 7.35. The molecule has 0 unspecified atom stereocenters. The second-order valence-electron chi connectivity index (χ2n) is 7.35. The van der Waals surface area contributed by atoms with Crippen molar-refractivity contribution in [1.82, 2.24) is 0 Å². The molecule has 3 aliphatic heterocycles. The Bertz CT molecular complexity index is 1080. The number of carbonyl (C=O) groups is 3. The molecule has 0 bridgehead atoms. The van der Waals surface area contributed by atoms with Gasteiger partial charge in [-0.25, -0.2) is 0 Å². The molecule has 2 aromatic carbocycles. The molecular formula is C22H18O9. The van der Waals surface area contributed by atoms with E-state index in [1.165, 1.54) is 13.0 Å². The molecule has 0 radical (unpaired) electrons. The highest BCUT2D eigenvalue weighted by Crippen LogP contribution is 2.42. The first kappa shape index (κ1) is 19.2. The molecular weight excluding hydrogens is 408 g/mol. The quantitative estimate of drug-likeness (QED) is 0.405. The predicted molar refractivity (Wildman–Crippen MR) is 102 cm³/mol. The molecule has 0 N–H and O–H groups in total. The zero-order chi connectivity index (χ0) is 21.5. The van der Waals surface area contributed by atoms with E-state index in [4.69, 9.17) is 28.4 Å². The molecule has 160 valence electrons. The van der Waals surface area contributed by atoms with E-state index in [1.807, 2.05) is 0 Å². The molecule has 1 fully saturated rings. The van der Waals surface area contributed by atoms with Gasteiger partial charge >= 0.3 is 11.9 Å². The largest absolute Gasteiger partial charge is 0.465 e. The van der Waals surface area contributed by atoms with Gasteiger partial charge in [-0.05, 0) is 35.9 Å². The fourth-order valence-corrected chi connectivity index (χ4v) is 4.00. The van der Waals surface area contributed by atoms with Crippen LogP contribution in [0, 0.1) is 11.8 Å². The Morgan fingerprint density at radius 2 is 1.55 bits per heavy atom. The van der Waals surface area contributed by atoms with E-state index in [0.717, 1.165) is 0 Å². The van der Waals surface area contributed by atoms with Gasteiger partial charge < -0.3 is 28.4 Å². The van der Waals surface area contributed by atoms with Crippen molar-refractivity contribution in [3.8, 4) is 23.0 Å². The number of carbonyl (C=O) groups excluding carboxylic acids is 3. The van der Waals surface area contributed by atoms with Crippen molar-refractivity contribution in [2.75, 3.05) is 20.2 Å². The van der Waals surface area contributed by atoms with Crippen LogP contribution in [-0.2, 0) is 19.1 Å². The molecule has 0 spiro atoms. The third kappa shape index (κ3) is 3.41. The van der Waals surface area contributed by atoms with Gasteiger partial charge in [0.15, 0.2) is 28.8 Å². The number of benzene rings is 2. The summed E-state index contributed by atoms with van der Waals surface area (Å²) in [5.41, 5.74) is 0.858. The third-order valence-electron chi connectivity index (χ3n) is 5.45. The summed E-state index contributed by atoms with van der Waals surface area (Å²) in [4.78, 5) is 37.7. The van der Waals surface area contributed by atoms with Gasteiger partial charge in [0.1, 0.15) is 12.0 Å². The van der Waals surface area contributed by atoms with Crippen molar-refractivity contribution < 1.29 is 42.8 Å². The van der Waals surface area contributed by atoms with Gasteiger partial charge in [0.2, 0.25) is 13.6 Å². The first-order valence-electron chi connectivity index (χ1n) is 9.68. The predicted octanol–water partition coefficient (Wildman–Crippen LogP) is 2.42. The summed E-state index contributed by atoms with van der Waals surface area (Å²) < 4.78 is 32.1. The Hall–Kier alpha value is -3.75. The summed E-state index contributed by atoms with van der Waals surface area (Å²) in [7, 11) is 0. The number of ether oxygens (including phenoxy) is 6. The lowest BCUT2D eigenvalue weighted by molar-refractivity contribution is -0.150. The summed E-state index contributed by atoms with van der Waals surface area (Å²) in [6.45, 7) is 1.37.